The normalized spacial score (nSPS) is 16.2. The number of amides is 1. The second-order valence-corrected chi connectivity index (χ2v) is 10.7. The molecule has 43 heavy (non-hydrogen) atoms. The van der Waals surface area contributed by atoms with Crippen LogP contribution in [-0.4, -0.2) is 83.2 Å². The van der Waals surface area contributed by atoms with E-state index < -0.39 is 0 Å². The molecule has 0 spiro atoms. The molecule has 12 heteroatoms. The summed E-state index contributed by atoms with van der Waals surface area (Å²) in [7, 11) is 4.30. The summed E-state index contributed by atoms with van der Waals surface area (Å²) in [6.07, 6.45) is 4.73. The van der Waals surface area contributed by atoms with E-state index in [4.69, 9.17) is 0 Å². The fourth-order valence-corrected chi connectivity index (χ4v) is 5.51. The lowest BCUT2D eigenvalue weighted by Gasteiger charge is -2.48. The average Bonchev–Trinajstić information content (AvgIpc) is 3.00. The molecule has 2 aliphatic heterocycles. The summed E-state index contributed by atoms with van der Waals surface area (Å²) in [5, 5.41) is 9.26. The van der Waals surface area contributed by atoms with Crippen LogP contribution in [0.3, 0.4) is 0 Å². The maximum atomic E-state index is 13.0. The number of pyridine rings is 2. The molecule has 220 valence electrons. The third-order valence-electron chi connectivity index (χ3n) is 7.61. The Hall–Kier alpha value is -5.23. The molecule has 4 aromatic rings. The third-order valence-corrected chi connectivity index (χ3v) is 7.61. The van der Waals surface area contributed by atoms with Crippen molar-refractivity contribution < 1.29 is 4.79 Å². The minimum atomic E-state index is -0.359. The molecule has 1 saturated heterocycles. The van der Waals surface area contributed by atoms with Gasteiger partial charge in [0.1, 0.15) is 23.0 Å². The van der Waals surface area contributed by atoms with E-state index in [-0.39, 0.29) is 22.8 Å². The van der Waals surface area contributed by atoms with Gasteiger partial charge in [0.15, 0.2) is 0 Å². The predicted molar refractivity (Wildman–Crippen MR) is 169 cm³/mol. The van der Waals surface area contributed by atoms with E-state index in [0.717, 1.165) is 31.9 Å². The van der Waals surface area contributed by atoms with E-state index in [0.29, 0.717) is 30.2 Å². The Morgan fingerprint density at radius 3 is 2.74 bits per heavy atom. The van der Waals surface area contributed by atoms with E-state index in [1.807, 2.05) is 6.07 Å². The minimum absolute atomic E-state index is 0.204. The van der Waals surface area contributed by atoms with Crippen molar-refractivity contribution in [3.63, 3.8) is 0 Å². The van der Waals surface area contributed by atoms with Crippen LogP contribution in [0.4, 0.5) is 34.6 Å². The molecule has 6 rings (SSSR count). The fourth-order valence-electron chi connectivity index (χ4n) is 5.51. The van der Waals surface area contributed by atoms with Gasteiger partial charge < -0.3 is 30.7 Å². The number of carbonyl (C=O) groups is 1. The molecule has 0 aliphatic carbocycles. The number of likely N-dealkylation sites (N-methyl/N-ethyl adjacent to an activating group) is 2. The summed E-state index contributed by atoms with van der Waals surface area (Å²) >= 11 is 0. The Kier molecular flexibility index (Phi) is 7.75. The summed E-state index contributed by atoms with van der Waals surface area (Å²) in [6.45, 7) is 7.93. The standard InChI is InChI=1S/C31H34N10O2/c1-4-13-32-30(43)23-18-33-31(37-29(23)36-26-8-7-9-27(35-26)41-14-6-5-10-28(41)42)34-21-11-12-24-25(17-21)40-16-15-38(2)19-22(40)20-39(24)3/h4-12,14,17-18,22H,1,13,15-16,19-20H2,2-3H3,(H,32,43)(H2,33,34,35,36,37). The number of hydrogen-bond acceptors (Lipinski definition) is 10. The van der Waals surface area contributed by atoms with E-state index in [1.165, 1.54) is 28.2 Å². The summed E-state index contributed by atoms with van der Waals surface area (Å²) in [6, 6.07) is 16.8. The maximum Gasteiger partial charge on any atom is 0.256 e. The average molecular weight is 579 g/mol. The van der Waals surface area contributed by atoms with Crippen molar-refractivity contribution in [2.75, 3.05) is 67.3 Å². The minimum Gasteiger partial charge on any atom is -0.371 e. The van der Waals surface area contributed by atoms with Gasteiger partial charge in [-0.1, -0.05) is 18.2 Å². The SMILES string of the molecule is C=CCNC(=O)c1cnc(Nc2ccc3c(c2)N2CCN(C)CC2CN3C)nc1Nc1cccc(-n2ccccc2=O)n1. The van der Waals surface area contributed by atoms with Gasteiger partial charge >= 0.3 is 0 Å². The number of aromatic nitrogens is 4. The number of nitrogens with zero attached hydrogens (tertiary/aromatic N) is 7. The molecular formula is C31H34N10O2. The highest BCUT2D eigenvalue weighted by molar-refractivity contribution is 5.99. The highest BCUT2D eigenvalue weighted by Gasteiger charge is 2.33. The van der Waals surface area contributed by atoms with E-state index in [1.54, 1.807) is 42.6 Å². The molecule has 12 nitrogen and oxygen atoms in total. The maximum absolute atomic E-state index is 13.0. The molecular weight excluding hydrogens is 544 g/mol. The molecule has 0 saturated carbocycles. The van der Waals surface area contributed by atoms with Crippen LogP contribution < -0.4 is 31.3 Å². The first-order valence-electron chi connectivity index (χ1n) is 14.2. The Bertz CT molecular complexity index is 1720. The van der Waals surface area contributed by atoms with E-state index in [2.05, 4.69) is 78.4 Å². The van der Waals surface area contributed by atoms with Crippen molar-refractivity contribution in [3.05, 3.63) is 95.6 Å². The molecule has 2 aliphatic rings. The van der Waals surface area contributed by atoms with Crippen molar-refractivity contribution in [2.24, 2.45) is 0 Å². The van der Waals surface area contributed by atoms with Gasteiger partial charge in [0, 0.05) is 63.9 Å². The summed E-state index contributed by atoms with van der Waals surface area (Å²) < 4.78 is 1.44. The van der Waals surface area contributed by atoms with Gasteiger partial charge in [-0.25, -0.2) is 9.97 Å². The summed E-state index contributed by atoms with van der Waals surface area (Å²) in [4.78, 5) is 46.2. The molecule has 5 heterocycles. The smallest absolute Gasteiger partial charge is 0.256 e. The Balaban J connectivity index is 1.31. The van der Waals surface area contributed by atoms with Gasteiger partial charge in [-0.15, -0.1) is 6.58 Å². The zero-order valence-electron chi connectivity index (χ0n) is 24.2. The van der Waals surface area contributed by atoms with Crippen LogP contribution in [0.25, 0.3) is 5.82 Å². The number of rotatable bonds is 8. The first-order valence-corrected chi connectivity index (χ1v) is 14.2. The molecule has 1 aromatic carbocycles. The van der Waals surface area contributed by atoms with Crippen LogP contribution in [0.2, 0.25) is 0 Å². The van der Waals surface area contributed by atoms with Crippen molar-refractivity contribution in [1.82, 2.24) is 29.7 Å². The van der Waals surface area contributed by atoms with Crippen molar-refractivity contribution in [2.45, 2.75) is 6.04 Å². The summed E-state index contributed by atoms with van der Waals surface area (Å²) in [5.41, 5.74) is 3.23. The molecule has 0 bridgehead atoms. The quantitative estimate of drug-likeness (QED) is 0.269. The number of benzene rings is 1. The lowest BCUT2D eigenvalue weighted by molar-refractivity contribution is 0.0958. The van der Waals surface area contributed by atoms with E-state index in [9.17, 15) is 9.59 Å². The topological polar surface area (TPSA) is 124 Å². The molecule has 3 aromatic heterocycles. The van der Waals surface area contributed by atoms with Gasteiger partial charge in [-0.3, -0.25) is 14.2 Å². The summed E-state index contributed by atoms with van der Waals surface area (Å²) in [5.74, 6) is 1.07. The second kappa shape index (κ2) is 11.9. The number of anilines is 6. The van der Waals surface area contributed by atoms with E-state index >= 15 is 0 Å². The van der Waals surface area contributed by atoms with Crippen LogP contribution in [0.5, 0.6) is 0 Å². The molecule has 1 unspecified atom stereocenters. The number of carbonyl (C=O) groups excluding carboxylic acids is 1. The first-order chi connectivity index (χ1) is 20.9. The lowest BCUT2D eigenvalue weighted by atomic mass is 10.0. The molecule has 1 amide bonds. The van der Waals surface area contributed by atoms with Gasteiger partial charge in [0.2, 0.25) is 5.95 Å². The van der Waals surface area contributed by atoms with Crippen LogP contribution in [0, 0.1) is 0 Å². The molecule has 3 N–H and O–H groups in total. The van der Waals surface area contributed by atoms with Gasteiger partial charge in [0.25, 0.3) is 11.5 Å². The Labute approximate surface area is 249 Å². The van der Waals surface area contributed by atoms with Gasteiger partial charge in [0.05, 0.1) is 17.4 Å². The second-order valence-electron chi connectivity index (χ2n) is 10.7. The van der Waals surface area contributed by atoms with Crippen molar-refractivity contribution in [3.8, 4) is 5.82 Å². The molecule has 1 fully saturated rings. The number of nitrogens with one attached hydrogen (secondary N) is 3. The number of piperazine rings is 1. The van der Waals surface area contributed by atoms with Crippen LogP contribution in [0.15, 0.2) is 84.4 Å². The molecule has 0 radical (unpaired) electrons. The van der Waals surface area contributed by atoms with Crippen LogP contribution >= 0.6 is 0 Å². The lowest BCUT2D eigenvalue weighted by Crippen LogP contribution is -2.58. The van der Waals surface area contributed by atoms with Gasteiger partial charge in [-0.05, 0) is 43.4 Å². The van der Waals surface area contributed by atoms with Crippen LogP contribution in [0.1, 0.15) is 10.4 Å². The Morgan fingerprint density at radius 1 is 1.02 bits per heavy atom. The fraction of sp³-hybridized carbons (Fsp3) is 0.258. The predicted octanol–water partition coefficient (Wildman–Crippen LogP) is 3.00. The monoisotopic (exact) mass is 578 g/mol. The zero-order valence-corrected chi connectivity index (χ0v) is 24.2. The van der Waals surface area contributed by atoms with Crippen molar-refractivity contribution in [1.29, 1.82) is 0 Å². The molecule has 1 atom stereocenters. The van der Waals surface area contributed by atoms with Crippen LogP contribution in [-0.2, 0) is 0 Å². The Morgan fingerprint density at radius 2 is 1.91 bits per heavy atom. The third kappa shape index (κ3) is 5.90. The number of hydrogen-bond donors (Lipinski definition) is 3. The van der Waals surface area contributed by atoms with Crippen molar-refractivity contribution >= 4 is 40.6 Å². The highest BCUT2D eigenvalue weighted by Crippen LogP contribution is 2.38. The van der Waals surface area contributed by atoms with Gasteiger partial charge in [-0.2, -0.15) is 4.98 Å². The first kappa shape index (κ1) is 27.9. The number of fused-ring (bicyclic) bond motifs is 3. The highest BCUT2D eigenvalue weighted by atomic mass is 16.1. The largest absolute Gasteiger partial charge is 0.371 e. The zero-order chi connectivity index (χ0) is 29.9.